The standard InChI is InChI=1S/C7H10N2/c1-2-4-7-8-5-3-6-9-7/h2-3,5-8H,1,4H2. The van der Waals surface area contributed by atoms with Crippen molar-refractivity contribution in [3.63, 3.8) is 0 Å². The van der Waals surface area contributed by atoms with Gasteiger partial charge in [0.25, 0.3) is 0 Å². The molecular formula is C7H10N2. The maximum atomic E-state index is 4.12. The average Bonchev–Trinajstić information content (AvgIpc) is 1.91. The molecular weight excluding hydrogens is 112 g/mol. The number of rotatable bonds is 2. The Balaban J connectivity index is 2.36. The van der Waals surface area contributed by atoms with Gasteiger partial charge in [-0.15, -0.1) is 6.58 Å². The van der Waals surface area contributed by atoms with Gasteiger partial charge < -0.3 is 5.32 Å². The summed E-state index contributed by atoms with van der Waals surface area (Å²) in [4.78, 5) is 4.12. The first-order chi connectivity index (χ1) is 4.43. The summed E-state index contributed by atoms with van der Waals surface area (Å²) in [5.74, 6) is 0. The number of hydrogen-bond acceptors (Lipinski definition) is 2. The summed E-state index contributed by atoms with van der Waals surface area (Å²) in [5, 5.41) is 3.07. The summed E-state index contributed by atoms with van der Waals surface area (Å²) >= 11 is 0. The molecule has 9 heavy (non-hydrogen) atoms. The zero-order chi connectivity index (χ0) is 6.53. The summed E-state index contributed by atoms with van der Waals surface area (Å²) in [6.45, 7) is 3.62. The molecule has 48 valence electrons. The van der Waals surface area contributed by atoms with E-state index < -0.39 is 0 Å². The minimum Gasteiger partial charge on any atom is -0.370 e. The lowest BCUT2D eigenvalue weighted by molar-refractivity contribution is 0.620. The Labute approximate surface area is 55.0 Å². The van der Waals surface area contributed by atoms with Crippen LogP contribution in [0.15, 0.2) is 29.9 Å². The Morgan fingerprint density at radius 2 is 2.67 bits per heavy atom. The average molecular weight is 122 g/mol. The van der Waals surface area contributed by atoms with Crippen molar-refractivity contribution in [1.29, 1.82) is 0 Å². The fourth-order valence-corrected chi connectivity index (χ4v) is 0.693. The van der Waals surface area contributed by atoms with Crippen LogP contribution in [0.3, 0.4) is 0 Å². The molecule has 2 nitrogen and oxygen atoms in total. The normalized spacial score (nSPS) is 23.3. The molecule has 1 N–H and O–H groups in total. The molecule has 1 unspecified atom stereocenters. The van der Waals surface area contributed by atoms with Crippen LogP contribution in [0.25, 0.3) is 0 Å². The van der Waals surface area contributed by atoms with E-state index in [0.29, 0.717) is 0 Å². The highest BCUT2D eigenvalue weighted by atomic mass is 15.1. The van der Waals surface area contributed by atoms with Crippen LogP contribution in [-0.4, -0.2) is 12.4 Å². The van der Waals surface area contributed by atoms with E-state index in [4.69, 9.17) is 0 Å². The number of nitrogens with zero attached hydrogens (tertiary/aromatic N) is 1. The van der Waals surface area contributed by atoms with E-state index in [-0.39, 0.29) is 6.17 Å². The quantitative estimate of drug-likeness (QED) is 0.544. The van der Waals surface area contributed by atoms with Crippen LogP contribution >= 0.6 is 0 Å². The van der Waals surface area contributed by atoms with Crippen LogP contribution in [0.1, 0.15) is 6.42 Å². The van der Waals surface area contributed by atoms with E-state index in [9.17, 15) is 0 Å². The van der Waals surface area contributed by atoms with Gasteiger partial charge in [0, 0.05) is 12.6 Å². The molecule has 0 fully saturated rings. The summed E-state index contributed by atoms with van der Waals surface area (Å²) in [6, 6.07) is 0. The monoisotopic (exact) mass is 122 g/mol. The zero-order valence-corrected chi connectivity index (χ0v) is 5.25. The number of allylic oxidation sites excluding steroid dienone is 1. The summed E-state index contributed by atoms with van der Waals surface area (Å²) in [6.07, 6.45) is 8.52. The van der Waals surface area contributed by atoms with Crippen molar-refractivity contribution in [2.45, 2.75) is 12.6 Å². The van der Waals surface area contributed by atoms with Gasteiger partial charge >= 0.3 is 0 Å². The van der Waals surface area contributed by atoms with E-state index in [0.717, 1.165) is 6.42 Å². The number of hydrogen-bond donors (Lipinski definition) is 1. The third-order valence-electron chi connectivity index (χ3n) is 1.13. The second-order valence-corrected chi connectivity index (χ2v) is 1.86. The Morgan fingerprint density at radius 3 is 3.22 bits per heavy atom. The van der Waals surface area contributed by atoms with Gasteiger partial charge in [-0.2, -0.15) is 0 Å². The number of nitrogens with one attached hydrogen (secondary N) is 1. The van der Waals surface area contributed by atoms with Crippen LogP contribution in [0.5, 0.6) is 0 Å². The Hall–Kier alpha value is -1.05. The van der Waals surface area contributed by atoms with Crippen LogP contribution in [0.2, 0.25) is 0 Å². The fourth-order valence-electron chi connectivity index (χ4n) is 0.693. The van der Waals surface area contributed by atoms with E-state index in [1.54, 1.807) is 6.21 Å². The fraction of sp³-hybridized carbons (Fsp3) is 0.286. The maximum Gasteiger partial charge on any atom is 0.121 e. The molecule has 1 aliphatic heterocycles. The molecule has 0 saturated heterocycles. The molecule has 0 saturated carbocycles. The first kappa shape index (κ1) is 6.08. The molecule has 1 aliphatic rings. The SMILES string of the molecule is C=CCC1N=CC=CN1. The lowest BCUT2D eigenvalue weighted by Gasteiger charge is -2.11. The Bertz CT molecular complexity index is 145. The minimum atomic E-state index is 0.215. The van der Waals surface area contributed by atoms with Crippen molar-refractivity contribution in [2.75, 3.05) is 0 Å². The van der Waals surface area contributed by atoms with Gasteiger partial charge in [-0.1, -0.05) is 6.08 Å². The molecule has 1 rings (SSSR count). The maximum absolute atomic E-state index is 4.12. The van der Waals surface area contributed by atoms with E-state index >= 15 is 0 Å². The van der Waals surface area contributed by atoms with Gasteiger partial charge in [0.2, 0.25) is 0 Å². The predicted octanol–water partition coefficient (Wildman–Crippen LogP) is 1.08. The summed E-state index contributed by atoms with van der Waals surface area (Å²) in [7, 11) is 0. The Kier molecular flexibility index (Phi) is 2.07. The highest BCUT2D eigenvalue weighted by molar-refractivity contribution is 5.71. The van der Waals surface area contributed by atoms with Gasteiger partial charge in [-0.25, -0.2) is 0 Å². The summed E-state index contributed by atoms with van der Waals surface area (Å²) < 4.78 is 0. The second kappa shape index (κ2) is 3.07. The Morgan fingerprint density at radius 1 is 1.78 bits per heavy atom. The highest BCUT2D eigenvalue weighted by Gasteiger charge is 1.99. The van der Waals surface area contributed by atoms with Crippen LogP contribution in [0, 0.1) is 0 Å². The summed E-state index contributed by atoms with van der Waals surface area (Å²) in [5.41, 5.74) is 0. The first-order valence-electron chi connectivity index (χ1n) is 2.99. The minimum absolute atomic E-state index is 0.215. The van der Waals surface area contributed by atoms with Crippen LogP contribution < -0.4 is 5.32 Å². The van der Waals surface area contributed by atoms with Gasteiger partial charge in [0.1, 0.15) is 6.17 Å². The van der Waals surface area contributed by atoms with Crippen molar-refractivity contribution < 1.29 is 0 Å². The highest BCUT2D eigenvalue weighted by Crippen LogP contribution is 1.96. The lowest BCUT2D eigenvalue weighted by Crippen LogP contribution is -2.23. The molecule has 0 spiro atoms. The van der Waals surface area contributed by atoms with Gasteiger partial charge in [0.05, 0.1) is 0 Å². The first-order valence-corrected chi connectivity index (χ1v) is 2.99. The van der Waals surface area contributed by atoms with Crippen LogP contribution in [-0.2, 0) is 0 Å². The van der Waals surface area contributed by atoms with Gasteiger partial charge in [-0.3, -0.25) is 4.99 Å². The molecule has 0 aromatic heterocycles. The van der Waals surface area contributed by atoms with Crippen molar-refractivity contribution in [3.05, 3.63) is 24.9 Å². The molecule has 1 heterocycles. The van der Waals surface area contributed by atoms with Gasteiger partial charge in [-0.05, 0) is 12.3 Å². The van der Waals surface area contributed by atoms with Crippen molar-refractivity contribution >= 4 is 6.21 Å². The van der Waals surface area contributed by atoms with Crippen molar-refractivity contribution in [2.24, 2.45) is 4.99 Å². The molecule has 1 atom stereocenters. The predicted molar refractivity (Wildman–Crippen MR) is 39.4 cm³/mol. The molecule has 0 amide bonds. The van der Waals surface area contributed by atoms with Crippen LogP contribution in [0.4, 0.5) is 0 Å². The lowest BCUT2D eigenvalue weighted by atomic mass is 10.3. The van der Waals surface area contributed by atoms with E-state index in [2.05, 4.69) is 16.9 Å². The second-order valence-electron chi connectivity index (χ2n) is 1.86. The topological polar surface area (TPSA) is 24.4 Å². The zero-order valence-electron chi connectivity index (χ0n) is 5.25. The molecule has 0 radical (unpaired) electrons. The molecule has 2 heteroatoms. The van der Waals surface area contributed by atoms with E-state index in [1.807, 2.05) is 18.4 Å². The van der Waals surface area contributed by atoms with Crippen molar-refractivity contribution in [1.82, 2.24) is 5.32 Å². The molecule has 0 bridgehead atoms. The third kappa shape index (κ3) is 1.72. The third-order valence-corrected chi connectivity index (χ3v) is 1.13. The molecule has 0 aromatic carbocycles. The molecule has 0 aromatic rings. The molecule has 0 aliphatic carbocycles. The van der Waals surface area contributed by atoms with E-state index in [1.165, 1.54) is 0 Å². The van der Waals surface area contributed by atoms with Gasteiger partial charge in [0.15, 0.2) is 0 Å². The smallest absolute Gasteiger partial charge is 0.121 e. The van der Waals surface area contributed by atoms with Crippen molar-refractivity contribution in [3.8, 4) is 0 Å². The largest absolute Gasteiger partial charge is 0.370 e. The number of aliphatic imine (C=N–C) groups is 1.